The molecule has 0 aliphatic rings. The first-order valence-electron chi connectivity index (χ1n) is 11.6. The van der Waals surface area contributed by atoms with Crippen molar-refractivity contribution in [3.63, 3.8) is 0 Å². The highest BCUT2D eigenvalue weighted by Crippen LogP contribution is 2.32. The molecule has 0 saturated heterocycles. The molecule has 1 amide bonds. The minimum absolute atomic E-state index is 0.0723. The van der Waals surface area contributed by atoms with E-state index in [1.807, 2.05) is 55.5 Å². The molecule has 0 radical (unpaired) electrons. The Kier molecular flexibility index (Phi) is 7.96. The maximum absolute atomic E-state index is 13.8. The van der Waals surface area contributed by atoms with Gasteiger partial charge < -0.3 is 5.32 Å². The van der Waals surface area contributed by atoms with Crippen molar-refractivity contribution in [1.29, 1.82) is 0 Å². The summed E-state index contributed by atoms with van der Waals surface area (Å²) in [6.45, 7) is 2.00. The summed E-state index contributed by atoms with van der Waals surface area (Å²) in [4.78, 5) is 18.3. The second-order valence-electron chi connectivity index (χ2n) is 8.30. The van der Waals surface area contributed by atoms with Gasteiger partial charge in [0.15, 0.2) is 0 Å². The van der Waals surface area contributed by atoms with Crippen molar-refractivity contribution in [2.75, 3.05) is 12.0 Å². The van der Waals surface area contributed by atoms with Gasteiger partial charge in [0.05, 0.1) is 23.7 Å². The molecule has 0 saturated carbocycles. The maximum Gasteiger partial charge on any atom is 0.224 e. The number of amides is 1. The number of fused-ring (bicyclic) bond motifs is 1. The average Bonchev–Trinajstić information content (AvgIpc) is 2.87. The molecule has 0 fully saturated rings. The summed E-state index contributed by atoms with van der Waals surface area (Å²) in [5.41, 5.74) is 5.79. The van der Waals surface area contributed by atoms with Gasteiger partial charge in [-0.15, -0.1) is 0 Å². The molecule has 1 atom stereocenters. The summed E-state index contributed by atoms with van der Waals surface area (Å²) in [7, 11) is 0. The van der Waals surface area contributed by atoms with Gasteiger partial charge in [-0.3, -0.25) is 4.79 Å². The second kappa shape index (κ2) is 11.3. The van der Waals surface area contributed by atoms with Crippen LogP contribution in [0.4, 0.5) is 4.39 Å². The quantitative estimate of drug-likeness (QED) is 0.293. The first kappa shape index (κ1) is 24.0. The number of benzene rings is 3. The monoisotopic (exact) mass is 472 g/mol. The molecule has 0 aliphatic heterocycles. The van der Waals surface area contributed by atoms with Gasteiger partial charge in [-0.2, -0.15) is 11.8 Å². The molecule has 174 valence electrons. The van der Waals surface area contributed by atoms with Crippen LogP contribution in [0, 0.1) is 5.82 Å². The fourth-order valence-electron chi connectivity index (χ4n) is 4.38. The van der Waals surface area contributed by atoms with E-state index in [1.165, 1.54) is 12.1 Å². The summed E-state index contributed by atoms with van der Waals surface area (Å²) < 4.78 is 13.8. The lowest BCUT2D eigenvalue weighted by molar-refractivity contribution is -0.121. The second-order valence-corrected chi connectivity index (χ2v) is 9.29. The summed E-state index contributed by atoms with van der Waals surface area (Å²) in [5, 5.41) is 4.14. The Morgan fingerprint density at radius 1 is 1.00 bits per heavy atom. The molecule has 0 spiro atoms. The number of halogens is 1. The summed E-state index contributed by atoms with van der Waals surface area (Å²) in [6, 6.07) is 24.4. The number of para-hydroxylation sites is 1. The van der Waals surface area contributed by atoms with Crippen molar-refractivity contribution in [3.8, 4) is 11.3 Å². The van der Waals surface area contributed by atoms with Gasteiger partial charge in [-0.1, -0.05) is 67.6 Å². The molecule has 5 heteroatoms. The van der Waals surface area contributed by atoms with Gasteiger partial charge >= 0.3 is 0 Å². The van der Waals surface area contributed by atoms with E-state index in [1.54, 1.807) is 17.8 Å². The summed E-state index contributed by atoms with van der Waals surface area (Å²) in [5.74, 6) is 0.573. The van der Waals surface area contributed by atoms with E-state index in [2.05, 4.69) is 23.7 Å². The largest absolute Gasteiger partial charge is 0.349 e. The average molecular weight is 473 g/mol. The lowest BCUT2D eigenvalue weighted by atomic mass is 9.92. The smallest absolute Gasteiger partial charge is 0.224 e. The van der Waals surface area contributed by atoms with Crippen LogP contribution in [-0.4, -0.2) is 22.9 Å². The molecule has 34 heavy (non-hydrogen) atoms. The molecule has 4 rings (SSSR count). The number of aromatic nitrogens is 1. The van der Waals surface area contributed by atoms with Crippen LogP contribution >= 0.6 is 11.8 Å². The zero-order chi connectivity index (χ0) is 23.9. The third-order valence-electron chi connectivity index (χ3n) is 6.05. The van der Waals surface area contributed by atoms with Crippen LogP contribution in [-0.2, 0) is 17.6 Å². The van der Waals surface area contributed by atoms with Crippen molar-refractivity contribution in [2.24, 2.45) is 0 Å². The molecule has 1 heterocycles. The van der Waals surface area contributed by atoms with Crippen molar-refractivity contribution in [1.82, 2.24) is 10.3 Å². The molecule has 0 bridgehead atoms. The Hall–Kier alpha value is -3.18. The van der Waals surface area contributed by atoms with E-state index in [0.717, 1.165) is 51.0 Å². The number of rotatable bonds is 9. The van der Waals surface area contributed by atoms with Gasteiger partial charge in [0.2, 0.25) is 5.91 Å². The number of pyridine rings is 1. The van der Waals surface area contributed by atoms with Crippen LogP contribution < -0.4 is 5.32 Å². The number of thioether (sulfide) groups is 1. The predicted molar refractivity (Wildman–Crippen MR) is 141 cm³/mol. The zero-order valence-corrected chi connectivity index (χ0v) is 20.4. The number of nitrogens with zero attached hydrogens (tertiary/aromatic N) is 1. The standard InChI is InChI=1S/C29H29FN2OS/c1-3-26(21-12-9-13-22(30)18-21)31-28(33)19-25-23-14-7-8-15-27(23)32-29(24(25)16-17-34-2)20-10-5-4-6-11-20/h4-15,18,26H,3,16-17,19H2,1-2H3,(H,31,33). The first-order valence-corrected chi connectivity index (χ1v) is 13.0. The van der Waals surface area contributed by atoms with Gasteiger partial charge in [-0.05, 0) is 59.7 Å². The fraction of sp³-hybridized carbons (Fsp3) is 0.241. The molecule has 1 aromatic heterocycles. The molecule has 1 N–H and O–H groups in total. The van der Waals surface area contributed by atoms with E-state index in [-0.39, 0.29) is 24.2 Å². The molecule has 3 aromatic carbocycles. The minimum atomic E-state index is -0.294. The van der Waals surface area contributed by atoms with Crippen molar-refractivity contribution in [2.45, 2.75) is 32.2 Å². The third-order valence-corrected chi connectivity index (χ3v) is 6.66. The summed E-state index contributed by atoms with van der Waals surface area (Å²) >= 11 is 1.78. The molecule has 3 nitrogen and oxygen atoms in total. The lowest BCUT2D eigenvalue weighted by Gasteiger charge is -2.20. The van der Waals surface area contributed by atoms with Crippen molar-refractivity contribution >= 4 is 28.6 Å². The first-order chi connectivity index (χ1) is 16.6. The van der Waals surface area contributed by atoms with Gasteiger partial charge in [0.25, 0.3) is 0 Å². The van der Waals surface area contributed by atoms with Gasteiger partial charge in [0.1, 0.15) is 5.82 Å². The highest BCUT2D eigenvalue weighted by molar-refractivity contribution is 7.98. The Bertz CT molecular complexity index is 1280. The molecular weight excluding hydrogens is 443 g/mol. The number of carbonyl (C=O) groups excluding carboxylic acids is 1. The molecule has 0 aliphatic carbocycles. The molecule has 4 aromatic rings. The van der Waals surface area contributed by atoms with E-state index in [9.17, 15) is 9.18 Å². The van der Waals surface area contributed by atoms with Crippen LogP contribution in [0.1, 0.15) is 36.1 Å². The highest BCUT2D eigenvalue weighted by atomic mass is 32.2. The van der Waals surface area contributed by atoms with E-state index < -0.39 is 0 Å². The molecular formula is C29H29FN2OS. The van der Waals surface area contributed by atoms with E-state index in [4.69, 9.17) is 4.98 Å². The number of nitrogens with one attached hydrogen (secondary N) is 1. The van der Waals surface area contributed by atoms with Crippen LogP contribution in [0.3, 0.4) is 0 Å². The lowest BCUT2D eigenvalue weighted by Crippen LogP contribution is -2.30. The third kappa shape index (κ3) is 5.48. The van der Waals surface area contributed by atoms with Gasteiger partial charge in [0, 0.05) is 10.9 Å². The SMILES string of the molecule is CCC(NC(=O)Cc1c(CCSC)c(-c2ccccc2)nc2ccccc12)c1cccc(F)c1. The van der Waals surface area contributed by atoms with Crippen LogP contribution in [0.25, 0.3) is 22.2 Å². The van der Waals surface area contributed by atoms with E-state index >= 15 is 0 Å². The fourth-order valence-corrected chi connectivity index (χ4v) is 4.79. The predicted octanol–water partition coefficient (Wildman–Crippen LogP) is 6.76. The Morgan fingerprint density at radius 2 is 1.76 bits per heavy atom. The van der Waals surface area contributed by atoms with Crippen LogP contribution in [0.5, 0.6) is 0 Å². The minimum Gasteiger partial charge on any atom is -0.349 e. The molecule has 1 unspecified atom stereocenters. The van der Waals surface area contributed by atoms with Crippen molar-refractivity contribution in [3.05, 3.63) is 101 Å². The van der Waals surface area contributed by atoms with Crippen LogP contribution in [0.2, 0.25) is 0 Å². The number of hydrogen-bond acceptors (Lipinski definition) is 3. The number of carbonyl (C=O) groups is 1. The number of hydrogen-bond donors (Lipinski definition) is 1. The van der Waals surface area contributed by atoms with Crippen molar-refractivity contribution < 1.29 is 9.18 Å². The van der Waals surface area contributed by atoms with Crippen LogP contribution in [0.15, 0.2) is 78.9 Å². The van der Waals surface area contributed by atoms with E-state index in [0.29, 0.717) is 6.42 Å². The topological polar surface area (TPSA) is 42.0 Å². The normalized spacial score (nSPS) is 12.0. The Balaban J connectivity index is 1.75. The highest BCUT2D eigenvalue weighted by Gasteiger charge is 2.20. The maximum atomic E-state index is 13.8. The Morgan fingerprint density at radius 3 is 2.50 bits per heavy atom. The summed E-state index contributed by atoms with van der Waals surface area (Å²) in [6.07, 6.45) is 3.85. The van der Waals surface area contributed by atoms with Gasteiger partial charge in [-0.25, -0.2) is 9.37 Å². The Labute approximate surface area is 204 Å². The zero-order valence-electron chi connectivity index (χ0n) is 19.6.